The molecule has 2 aliphatic rings. The number of hydrogen-bond acceptors (Lipinski definition) is 2. The third-order valence-electron chi connectivity index (χ3n) is 4.79. The van der Waals surface area contributed by atoms with Crippen molar-refractivity contribution in [2.24, 2.45) is 5.92 Å². The first kappa shape index (κ1) is 15.4. The lowest BCUT2D eigenvalue weighted by molar-refractivity contribution is 0.0672. The summed E-state index contributed by atoms with van der Waals surface area (Å²) in [5.74, 6) is -1.58. The molecule has 1 heterocycles. The highest BCUT2D eigenvalue weighted by atomic mass is 19.2. The van der Waals surface area contributed by atoms with E-state index in [0.717, 1.165) is 44.6 Å². The maximum absolute atomic E-state index is 13.3. The number of carbonyl (C=O) groups is 1. The maximum Gasteiger partial charge on any atom is 0.254 e. The van der Waals surface area contributed by atoms with Crippen molar-refractivity contribution < 1.29 is 13.6 Å². The molecule has 0 unspecified atom stereocenters. The van der Waals surface area contributed by atoms with Gasteiger partial charge in [0.05, 0.1) is 0 Å². The Morgan fingerprint density at radius 2 is 1.95 bits per heavy atom. The van der Waals surface area contributed by atoms with Crippen molar-refractivity contribution >= 4 is 5.91 Å². The molecule has 1 amide bonds. The molecule has 0 N–H and O–H groups in total. The van der Waals surface area contributed by atoms with E-state index >= 15 is 0 Å². The Kier molecular flexibility index (Phi) is 4.43. The lowest BCUT2D eigenvalue weighted by Gasteiger charge is -2.32. The number of carbonyl (C=O) groups excluding carboxylic acids is 1. The minimum atomic E-state index is -0.971. The molecule has 1 atom stereocenters. The van der Waals surface area contributed by atoms with E-state index in [1.165, 1.54) is 18.9 Å². The van der Waals surface area contributed by atoms with Crippen molar-refractivity contribution in [1.82, 2.24) is 9.80 Å². The zero-order valence-electron chi connectivity index (χ0n) is 12.9. The van der Waals surface area contributed by atoms with Crippen LogP contribution >= 0.6 is 0 Å². The van der Waals surface area contributed by atoms with Gasteiger partial charge in [0.15, 0.2) is 11.6 Å². The fourth-order valence-corrected chi connectivity index (χ4v) is 3.28. The van der Waals surface area contributed by atoms with E-state index in [9.17, 15) is 13.6 Å². The van der Waals surface area contributed by atoms with Crippen molar-refractivity contribution in [1.29, 1.82) is 0 Å². The minimum Gasteiger partial charge on any atom is -0.337 e. The number of hydrogen-bond donors (Lipinski definition) is 0. The summed E-state index contributed by atoms with van der Waals surface area (Å²) in [6.07, 6.45) is 4.73. The molecular weight excluding hydrogens is 286 g/mol. The van der Waals surface area contributed by atoms with E-state index in [1.54, 1.807) is 11.9 Å². The summed E-state index contributed by atoms with van der Waals surface area (Å²) < 4.78 is 26.4. The molecule has 22 heavy (non-hydrogen) atoms. The molecule has 1 aliphatic heterocycles. The molecule has 1 saturated heterocycles. The zero-order chi connectivity index (χ0) is 15.7. The average molecular weight is 308 g/mol. The molecule has 1 aromatic rings. The Hall–Kier alpha value is -1.49. The smallest absolute Gasteiger partial charge is 0.254 e. The van der Waals surface area contributed by atoms with E-state index in [-0.39, 0.29) is 17.5 Å². The molecule has 3 nitrogen and oxygen atoms in total. The summed E-state index contributed by atoms with van der Waals surface area (Å²) in [5, 5.41) is 0. The summed E-state index contributed by atoms with van der Waals surface area (Å²) in [6.45, 7) is 3.07. The molecule has 1 aromatic carbocycles. The van der Waals surface area contributed by atoms with Gasteiger partial charge in [0, 0.05) is 25.2 Å². The van der Waals surface area contributed by atoms with E-state index in [0.29, 0.717) is 5.92 Å². The van der Waals surface area contributed by atoms with Gasteiger partial charge in [-0.3, -0.25) is 4.79 Å². The largest absolute Gasteiger partial charge is 0.337 e. The third-order valence-corrected chi connectivity index (χ3v) is 4.79. The first-order chi connectivity index (χ1) is 10.6. The van der Waals surface area contributed by atoms with Gasteiger partial charge in [-0.15, -0.1) is 0 Å². The standard InChI is InChI=1S/C17H22F2N2O/c1-20(17(22)13-6-7-14(18)15(19)10-13)16(12-4-5-12)11-21-8-2-3-9-21/h6-7,10,12,16H,2-5,8-9,11H2,1H3/t16-/m1/s1. The van der Waals surface area contributed by atoms with Crippen LogP contribution < -0.4 is 0 Å². The van der Waals surface area contributed by atoms with E-state index in [4.69, 9.17) is 0 Å². The van der Waals surface area contributed by atoms with Gasteiger partial charge >= 0.3 is 0 Å². The van der Waals surface area contributed by atoms with Crippen LogP contribution in [0.5, 0.6) is 0 Å². The van der Waals surface area contributed by atoms with Gasteiger partial charge in [0.2, 0.25) is 0 Å². The molecule has 0 aromatic heterocycles. The number of halogens is 2. The van der Waals surface area contributed by atoms with E-state index < -0.39 is 11.6 Å². The highest BCUT2D eigenvalue weighted by Crippen LogP contribution is 2.36. The summed E-state index contributed by atoms with van der Waals surface area (Å²) in [4.78, 5) is 16.7. The van der Waals surface area contributed by atoms with Crippen LogP contribution in [0.2, 0.25) is 0 Å². The topological polar surface area (TPSA) is 23.6 Å². The summed E-state index contributed by atoms with van der Waals surface area (Å²) >= 11 is 0. The Balaban J connectivity index is 1.72. The SMILES string of the molecule is CN(C(=O)c1ccc(F)c(F)c1)[C@H](CN1CCCC1)C1CC1. The average Bonchev–Trinajstić information content (AvgIpc) is 3.22. The number of likely N-dealkylation sites (N-methyl/N-ethyl adjacent to an activating group) is 1. The van der Waals surface area contributed by atoms with Crippen molar-refractivity contribution in [2.75, 3.05) is 26.7 Å². The van der Waals surface area contributed by atoms with Crippen molar-refractivity contribution in [3.63, 3.8) is 0 Å². The number of rotatable bonds is 5. The van der Waals surface area contributed by atoms with Crippen molar-refractivity contribution in [3.8, 4) is 0 Å². The maximum atomic E-state index is 13.3. The van der Waals surface area contributed by atoms with Gasteiger partial charge in [-0.1, -0.05) is 0 Å². The van der Waals surface area contributed by atoms with Crippen LogP contribution in [0, 0.1) is 17.6 Å². The molecule has 2 fully saturated rings. The monoisotopic (exact) mass is 308 g/mol. The normalized spacial score (nSPS) is 20.1. The molecule has 0 bridgehead atoms. The molecule has 1 saturated carbocycles. The highest BCUT2D eigenvalue weighted by Gasteiger charge is 2.37. The first-order valence-electron chi connectivity index (χ1n) is 8.01. The quantitative estimate of drug-likeness (QED) is 0.835. The number of benzene rings is 1. The molecular formula is C17H22F2N2O. The Morgan fingerprint density at radius 1 is 1.27 bits per heavy atom. The zero-order valence-corrected chi connectivity index (χ0v) is 12.9. The van der Waals surface area contributed by atoms with E-state index in [2.05, 4.69) is 4.90 Å². The second kappa shape index (κ2) is 6.32. The predicted molar refractivity (Wildman–Crippen MR) is 80.6 cm³/mol. The highest BCUT2D eigenvalue weighted by molar-refractivity contribution is 5.94. The third kappa shape index (κ3) is 3.29. The fraction of sp³-hybridized carbons (Fsp3) is 0.588. The van der Waals surface area contributed by atoms with Crippen LogP contribution in [0.15, 0.2) is 18.2 Å². The lowest BCUT2D eigenvalue weighted by Crippen LogP contribution is -2.45. The Morgan fingerprint density at radius 3 is 2.55 bits per heavy atom. The molecule has 120 valence electrons. The molecule has 0 radical (unpaired) electrons. The van der Waals surface area contributed by atoms with Gasteiger partial charge in [-0.05, 0) is 62.9 Å². The van der Waals surface area contributed by atoms with Crippen LogP contribution in [-0.4, -0.2) is 48.4 Å². The number of nitrogens with zero attached hydrogens (tertiary/aromatic N) is 2. The summed E-state index contributed by atoms with van der Waals surface area (Å²) in [6, 6.07) is 3.53. The molecule has 5 heteroatoms. The van der Waals surface area contributed by atoms with Gasteiger partial charge in [-0.2, -0.15) is 0 Å². The molecule has 3 rings (SSSR count). The van der Waals surface area contributed by atoms with Gasteiger partial charge in [0.1, 0.15) is 0 Å². The summed E-state index contributed by atoms with van der Waals surface area (Å²) in [7, 11) is 1.78. The molecule has 1 aliphatic carbocycles. The van der Waals surface area contributed by atoms with E-state index in [1.807, 2.05) is 0 Å². The van der Waals surface area contributed by atoms with Gasteiger partial charge in [0.25, 0.3) is 5.91 Å². The van der Waals surface area contributed by atoms with Gasteiger partial charge in [-0.25, -0.2) is 8.78 Å². The Labute approximate surface area is 129 Å². The van der Waals surface area contributed by atoms with Crippen LogP contribution in [-0.2, 0) is 0 Å². The van der Waals surface area contributed by atoms with Crippen LogP contribution in [0.4, 0.5) is 8.78 Å². The second-order valence-corrected chi connectivity index (χ2v) is 6.46. The number of likely N-dealkylation sites (tertiary alicyclic amines) is 1. The van der Waals surface area contributed by atoms with Crippen LogP contribution in [0.1, 0.15) is 36.0 Å². The van der Waals surface area contributed by atoms with Crippen molar-refractivity contribution in [2.45, 2.75) is 31.7 Å². The fourth-order valence-electron chi connectivity index (χ4n) is 3.28. The van der Waals surface area contributed by atoms with Crippen LogP contribution in [0.25, 0.3) is 0 Å². The predicted octanol–water partition coefficient (Wildman–Crippen LogP) is 2.91. The molecule has 0 spiro atoms. The van der Waals surface area contributed by atoms with Crippen molar-refractivity contribution in [3.05, 3.63) is 35.4 Å². The lowest BCUT2D eigenvalue weighted by atomic mass is 10.1. The van der Waals surface area contributed by atoms with Gasteiger partial charge < -0.3 is 9.80 Å². The van der Waals surface area contributed by atoms with Crippen LogP contribution in [0.3, 0.4) is 0 Å². The second-order valence-electron chi connectivity index (χ2n) is 6.46. The Bertz CT molecular complexity index is 554. The summed E-state index contributed by atoms with van der Waals surface area (Å²) in [5.41, 5.74) is 0.216. The minimum absolute atomic E-state index is 0.165. The first-order valence-corrected chi connectivity index (χ1v) is 8.01. The number of amides is 1.